The van der Waals surface area contributed by atoms with Crippen LogP contribution in [0.5, 0.6) is 28.7 Å². The summed E-state index contributed by atoms with van der Waals surface area (Å²) >= 11 is 0. The van der Waals surface area contributed by atoms with Crippen LogP contribution in [0, 0.1) is 0 Å². The summed E-state index contributed by atoms with van der Waals surface area (Å²) < 4.78 is 17.3. The molecule has 172 valence electrons. The number of carboxylic acid groups (broad SMARTS) is 1. The van der Waals surface area contributed by atoms with E-state index in [-0.39, 0.29) is 52.2 Å². The number of benzene rings is 3. The minimum absolute atomic E-state index is 0. The Morgan fingerprint density at radius 3 is 2.24 bits per heavy atom. The van der Waals surface area contributed by atoms with Gasteiger partial charge in [-0.3, -0.25) is 4.79 Å². The second-order valence-electron chi connectivity index (χ2n) is 7.33. The van der Waals surface area contributed by atoms with Gasteiger partial charge in [-0.15, -0.1) is 0 Å². The fourth-order valence-electron chi connectivity index (χ4n) is 3.19. The van der Waals surface area contributed by atoms with Crippen molar-refractivity contribution in [2.24, 2.45) is 0 Å². The van der Waals surface area contributed by atoms with Crippen molar-refractivity contribution in [2.75, 3.05) is 13.2 Å². The van der Waals surface area contributed by atoms with Crippen molar-refractivity contribution in [2.45, 2.75) is 26.7 Å². The number of ether oxygens (including phenoxy) is 3. The number of hydrogen-bond acceptors (Lipinski definition) is 7. The van der Waals surface area contributed by atoms with Crippen molar-refractivity contribution in [1.82, 2.24) is 0 Å². The second kappa shape index (κ2) is 13.0. The molecule has 3 aromatic carbocycles. The molecule has 0 aromatic heterocycles. The van der Waals surface area contributed by atoms with Crippen LogP contribution in [0.1, 0.15) is 46.5 Å². The van der Waals surface area contributed by atoms with Crippen LogP contribution in [0.15, 0.2) is 60.7 Å². The van der Waals surface area contributed by atoms with Gasteiger partial charge < -0.3 is 29.2 Å². The van der Waals surface area contributed by atoms with Gasteiger partial charge in [-0.05, 0) is 49.2 Å². The molecule has 0 amide bonds. The molecule has 0 aliphatic heterocycles. The van der Waals surface area contributed by atoms with E-state index >= 15 is 0 Å². The summed E-state index contributed by atoms with van der Waals surface area (Å²) in [7, 11) is 0. The largest absolute Gasteiger partial charge is 1.00 e. The summed E-state index contributed by atoms with van der Waals surface area (Å²) in [6, 6.07) is 16.2. The fraction of sp³-hybridized carbons (Fsp3) is 0.231. The van der Waals surface area contributed by atoms with E-state index in [0.717, 1.165) is 5.56 Å². The van der Waals surface area contributed by atoms with Crippen LogP contribution in [0.3, 0.4) is 0 Å². The topological polar surface area (TPSA) is 105 Å². The van der Waals surface area contributed by atoms with Gasteiger partial charge in [0.15, 0.2) is 5.78 Å². The maximum Gasteiger partial charge on any atom is 1.00 e. The SMILES string of the molecule is CCc1cc(C(C)=O)c(O)cc1OCCCOc1cccc(Oc2cccc(C(=O)[O-])c2)c1.[Na+]. The normalized spacial score (nSPS) is 10.2. The Kier molecular flexibility index (Phi) is 10.4. The first-order chi connectivity index (χ1) is 15.9. The molecule has 34 heavy (non-hydrogen) atoms. The average Bonchev–Trinajstić information content (AvgIpc) is 2.79. The van der Waals surface area contributed by atoms with Crippen molar-refractivity contribution in [3.8, 4) is 28.7 Å². The third-order valence-corrected chi connectivity index (χ3v) is 4.86. The Bertz CT molecular complexity index is 1140. The fourth-order valence-corrected chi connectivity index (χ4v) is 3.19. The molecule has 0 aliphatic rings. The molecule has 0 atom stereocenters. The molecule has 7 nitrogen and oxygen atoms in total. The van der Waals surface area contributed by atoms with Crippen molar-refractivity contribution >= 4 is 11.8 Å². The van der Waals surface area contributed by atoms with E-state index in [1.54, 1.807) is 42.5 Å². The number of phenols is 1. The number of carbonyl (C=O) groups is 2. The molecule has 1 N–H and O–H groups in total. The summed E-state index contributed by atoms with van der Waals surface area (Å²) in [5, 5.41) is 21.0. The number of phenolic OH excluding ortho intramolecular Hbond substituents is 1. The molecule has 0 heterocycles. The zero-order valence-corrected chi connectivity index (χ0v) is 21.5. The molecule has 0 spiro atoms. The van der Waals surface area contributed by atoms with E-state index < -0.39 is 5.97 Å². The molecular weight excluding hydrogens is 447 g/mol. The van der Waals surface area contributed by atoms with Crippen LogP contribution >= 0.6 is 0 Å². The zero-order chi connectivity index (χ0) is 23.8. The molecule has 0 bridgehead atoms. The Labute approximate surface area is 220 Å². The number of rotatable bonds is 11. The minimum atomic E-state index is -1.27. The first-order valence-electron chi connectivity index (χ1n) is 10.6. The van der Waals surface area contributed by atoms with Crippen molar-refractivity contribution in [3.63, 3.8) is 0 Å². The van der Waals surface area contributed by atoms with Crippen molar-refractivity contribution in [1.29, 1.82) is 0 Å². The number of aromatic hydroxyl groups is 1. The van der Waals surface area contributed by atoms with Gasteiger partial charge in [0.2, 0.25) is 0 Å². The summed E-state index contributed by atoms with van der Waals surface area (Å²) in [4.78, 5) is 22.6. The van der Waals surface area contributed by atoms with E-state index in [1.807, 2.05) is 6.92 Å². The molecule has 0 radical (unpaired) electrons. The number of ketones is 1. The van der Waals surface area contributed by atoms with Gasteiger partial charge in [-0.1, -0.05) is 25.1 Å². The molecular formula is C26H25NaO7. The quantitative estimate of drug-likeness (QED) is 0.254. The average molecular weight is 472 g/mol. The summed E-state index contributed by atoms with van der Waals surface area (Å²) in [6.45, 7) is 4.13. The Morgan fingerprint density at radius 1 is 0.912 bits per heavy atom. The van der Waals surface area contributed by atoms with Crippen LogP contribution in [0.4, 0.5) is 0 Å². The Balaban J connectivity index is 0.00000408. The third kappa shape index (κ3) is 7.52. The minimum Gasteiger partial charge on any atom is -0.545 e. The summed E-state index contributed by atoms with van der Waals surface area (Å²) in [5.74, 6) is 0.486. The molecule has 0 saturated carbocycles. The van der Waals surface area contributed by atoms with E-state index in [2.05, 4.69) is 0 Å². The number of aryl methyl sites for hydroxylation is 1. The third-order valence-electron chi connectivity index (χ3n) is 4.86. The Morgan fingerprint density at radius 2 is 1.56 bits per heavy atom. The van der Waals surface area contributed by atoms with Crippen LogP contribution in [-0.4, -0.2) is 30.1 Å². The number of carboxylic acids is 1. The second-order valence-corrected chi connectivity index (χ2v) is 7.33. The molecule has 3 aromatic rings. The first-order valence-corrected chi connectivity index (χ1v) is 10.6. The standard InChI is InChI=1S/C26H26O7.Na/c1-3-18-14-23(17(2)27)24(28)16-25(18)32-12-6-11-31-20-8-5-10-22(15-20)33-21-9-4-7-19(13-21)26(29)30;/h4-5,7-10,13-16,28H,3,6,11-12H2,1-2H3,(H,29,30);/q;+1/p-1. The predicted octanol–water partition coefficient (Wildman–Crippen LogP) is 1.16. The van der Waals surface area contributed by atoms with Gasteiger partial charge in [-0.2, -0.15) is 0 Å². The number of Topliss-reactive ketones (excluding diaryl/α,β-unsaturated/α-hetero) is 1. The molecule has 8 heteroatoms. The zero-order valence-electron chi connectivity index (χ0n) is 19.5. The first kappa shape index (κ1) is 27.2. The molecule has 0 fully saturated rings. The van der Waals surface area contributed by atoms with Gasteiger partial charge in [0, 0.05) is 24.1 Å². The molecule has 0 aliphatic carbocycles. The van der Waals surface area contributed by atoms with Gasteiger partial charge in [-0.25, -0.2) is 0 Å². The van der Waals surface area contributed by atoms with E-state index in [9.17, 15) is 19.8 Å². The summed E-state index contributed by atoms with van der Waals surface area (Å²) in [5.41, 5.74) is 1.18. The molecule has 0 unspecified atom stereocenters. The van der Waals surface area contributed by atoms with E-state index in [1.165, 1.54) is 25.1 Å². The van der Waals surface area contributed by atoms with Crippen molar-refractivity contribution in [3.05, 3.63) is 77.4 Å². The maximum absolute atomic E-state index is 11.6. The van der Waals surface area contributed by atoms with Gasteiger partial charge in [0.25, 0.3) is 0 Å². The number of hydrogen-bond donors (Lipinski definition) is 1. The summed E-state index contributed by atoms with van der Waals surface area (Å²) in [6.07, 6.45) is 1.27. The number of aromatic carboxylic acids is 1. The predicted molar refractivity (Wildman–Crippen MR) is 120 cm³/mol. The monoisotopic (exact) mass is 472 g/mol. The van der Waals surface area contributed by atoms with Crippen LogP contribution in [0.25, 0.3) is 0 Å². The van der Waals surface area contributed by atoms with Crippen LogP contribution in [-0.2, 0) is 6.42 Å². The van der Waals surface area contributed by atoms with E-state index in [4.69, 9.17) is 14.2 Å². The van der Waals surface area contributed by atoms with Crippen LogP contribution < -0.4 is 48.9 Å². The Hall–Kier alpha value is -3.00. The molecule has 0 saturated heterocycles. The van der Waals surface area contributed by atoms with E-state index in [0.29, 0.717) is 49.1 Å². The number of carbonyl (C=O) groups excluding carboxylic acids is 2. The maximum atomic E-state index is 11.6. The van der Waals surface area contributed by atoms with Crippen LogP contribution in [0.2, 0.25) is 0 Å². The van der Waals surface area contributed by atoms with Gasteiger partial charge in [0.05, 0.1) is 24.7 Å². The van der Waals surface area contributed by atoms with Crippen molar-refractivity contribution < 1.29 is 63.6 Å². The smallest absolute Gasteiger partial charge is 0.545 e. The van der Waals surface area contributed by atoms with Gasteiger partial charge >= 0.3 is 29.6 Å². The molecule has 3 rings (SSSR count). The van der Waals surface area contributed by atoms with Gasteiger partial charge in [0.1, 0.15) is 28.7 Å².